The Kier molecular flexibility index (Phi) is 20.3. The molecule has 0 unspecified atom stereocenters. The summed E-state index contributed by atoms with van der Waals surface area (Å²) in [7, 11) is -14.8. The van der Waals surface area contributed by atoms with Gasteiger partial charge in [0.1, 0.15) is 0 Å². The van der Waals surface area contributed by atoms with Crippen LogP contribution in [0.2, 0.25) is 0 Å². The van der Waals surface area contributed by atoms with Crippen molar-refractivity contribution >= 4 is 73.1 Å². The zero-order valence-corrected chi connectivity index (χ0v) is 12.4. The van der Waals surface area contributed by atoms with E-state index < -0.39 is 21.8 Å². The normalized spacial score (nSPS) is 10.4. The van der Waals surface area contributed by atoms with Crippen molar-refractivity contribution in [1.82, 2.24) is 0 Å². The Labute approximate surface area is 183 Å². The van der Waals surface area contributed by atoms with E-state index in [-0.39, 0.29) is 51.4 Å². The molecule has 0 radical (unpaired) electrons. The molecule has 0 heterocycles. The number of para-hydroxylation sites is 2. The number of ether oxygens (including phenoxy) is 2. The number of benzene rings is 1. The van der Waals surface area contributed by atoms with Crippen LogP contribution < -0.4 is 9.47 Å². The van der Waals surface area contributed by atoms with Crippen molar-refractivity contribution in [1.29, 1.82) is 0 Å². The second-order valence-corrected chi connectivity index (χ2v) is 3.34. The van der Waals surface area contributed by atoms with Gasteiger partial charge in [-0.1, -0.05) is 12.1 Å². The van der Waals surface area contributed by atoms with E-state index in [1.54, 1.807) is 14.2 Å². The zero-order chi connectivity index (χ0) is 20.9. The molecular formula is C8H11B3F12KO2-3. The second kappa shape index (κ2) is 15.8. The fourth-order valence-corrected chi connectivity index (χ4v) is 0.787. The maximum atomic E-state index is 9.75. The quantitative estimate of drug-likeness (QED) is 0.480. The van der Waals surface area contributed by atoms with Crippen LogP contribution in [0.15, 0.2) is 24.3 Å². The standard InChI is InChI=1S/C8H10O2.3BF4.K.H/c1-9-7-5-3-4-6-8(7)10-2;3*2-1(3,4)5;;/h3-6H,1-2H3;;;;;/q;3*-1;;. The predicted molar refractivity (Wildman–Crippen MR) is 77.3 cm³/mol. The van der Waals surface area contributed by atoms with Gasteiger partial charge in [-0.15, -0.1) is 0 Å². The molecule has 0 amide bonds. The van der Waals surface area contributed by atoms with Gasteiger partial charge < -0.3 is 61.3 Å². The third-order valence-corrected chi connectivity index (χ3v) is 1.29. The molecule has 1 aromatic rings. The van der Waals surface area contributed by atoms with Crippen LogP contribution in [-0.2, 0) is 0 Å². The second-order valence-electron chi connectivity index (χ2n) is 3.34. The van der Waals surface area contributed by atoms with E-state index >= 15 is 0 Å². The van der Waals surface area contributed by atoms with E-state index in [1.165, 1.54) is 0 Å². The Hall–Kier alpha value is -0.189. The molecule has 0 saturated heterocycles. The average Bonchev–Trinajstić information content (AvgIpc) is 2.32. The molecule has 0 aliphatic rings. The number of methoxy groups -OCH3 is 2. The molecule has 0 saturated carbocycles. The van der Waals surface area contributed by atoms with Crippen molar-refractivity contribution < 1.29 is 61.3 Å². The van der Waals surface area contributed by atoms with Crippen LogP contribution in [0.4, 0.5) is 51.8 Å². The fourth-order valence-electron chi connectivity index (χ4n) is 0.787. The van der Waals surface area contributed by atoms with Gasteiger partial charge >= 0.3 is 73.1 Å². The number of halogens is 12. The summed E-state index contributed by atoms with van der Waals surface area (Å²) in [6.45, 7) is 0. The molecule has 152 valence electrons. The zero-order valence-electron chi connectivity index (χ0n) is 12.4. The Morgan fingerprint density at radius 3 is 0.808 bits per heavy atom. The molecule has 1 aromatic carbocycles. The summed E-state index contributed by atoms with van der Waals surface area (Å²) in [4.78, 5) is 0. The summed E-state index contributed by atoms with van der Waals surface area (Å²) < 4.78 is 127. The summed E-state index contributed by atoms with van der Waals surface area (Å²) in [5.74, 6) is 1.54. The van der Waals surface area contributed by atoms with Crippen LogP contribution in [0.5, 0.6) is 11.5 Å². The van der Waals surface area contributed by atoms with E-state index in [4.69, 9.17) is 9.47 Å². The molecule has 26 heavy (non-hydrogen) atoms. The van der Waals surface area contributed by atoms with Crippen LogP contribution in [0.3, 0.4) is 0 Å². The monoisotopic (exact) mass is 439 g/mol. The summed E-state index contributed by atoms with van der Waals surface area (Å²) in [6.07, 6.45) is 0. The van der Waals surface area contributed by atoms with Crippen molar-refractivity contribution in [2.75, 3.05) is 14.2 Å². The third kappa shape index (κ3) is 56.5. The van der Waals surface area contributed by atoms with Crippen LogP contribution >= 0.6 is 0 Å². The first-order chi connectivity index (χ1) is 10.9. The van der Waals surface area contributed by atoms with Crippen molar-refractivity contribution in [3.63, 3.8) is 0 Å². The molecule has 0 spiro atoms. The van der Waals surface area contributed by atoms with Gasteiger partial charge in [-0.05, 0) is 12.1 Å². The molecule has 0 atom stereocenters. The molecule has 0 fully saturated rings. The first-order valence-corrected chi connectivity index (χ1v) is 5.67. The van der Waals surface area contributed by atoms with E-state index in [0.717, 1.165) is 11.5 Å². The van der Waals surface area contributed by atoms with Crippen LogP contribution in [-0.4, -0.2) is 87.4 Å². The topological polar surface area (TPSA) is 18.5 Å². The number of rotatable bonds is 2. The van der Waals surface area contributed by atoms with Crippen molar-refractivity contribution in [3.05, 3.63) is 24.3 Å². The Morgan fingerprint density at radius 1 is 0.538 bits per heavy atom. The molecule has 0 aliphatic heterocycles. The summed E-state index contributed by atoms with van der Waals surface area (Å²) >= 11 is 0. The Balaban J connectivity index is -0.000000132. The van der Waals surface area contributed by atoms with Gasteiger partial charge in [0.05, 0.1) is 14.2 Å². The van der Waals surface area contributed by atoms with Gasteiger partial charge in [-0.3, -0.25) is 0 Å². The third-order valence-electron chi connectivity index (χ3n) is 1.29. The molecule has 0 N–H and O–H groups in total. The van der Waals surface area contributed by atoms with Crippen LogP contribution in [0, 0.1) is 0 Å². The average molecular weight is 439 g/mol. The minimum atomic E-state index is -6.00. The molecule has 0 aromatic heterocycles. The molecule has 0 bridgehead atoms. The fraction of sp³-hybridized carbons (Fsp3) is 0.250. The Morgan fingerprint density at radius 2 is 0.692 bits per heavy atom. The van der Waals surface area contributed by atoms with Gasteiger partial charge in [0, 0.05) is 0 Å². The van der Waals surface area contributed by atoms with E-state index in [1.807, 2.05) is 24.3 Å². The van der Waals surface area contributed by atoms with Crippen molar-refractivity contribution in [2.24, 2.45) is 0 Å². The molecular weight excluding hydrogens is 428 g/mol. The van der Waals surface area contributed by atoms with E-state index in [0.29, 0.717) is 0 Å². The summed E-state index contributed by atoms with van der Waals surface area (Å²) in [5.41, 5.74) is 0. The van der Waals surface area contributed by atoms with Gasteiger partial charge in [-0.2, -0.15) is 0 Å². The first-order valence-electron chi connectivity index (χ1n) is 5.67. The van der Waals surface area contributed by atoms with Gasteiger partial charge in [0.2, 0.25) is 0 Å². The maximum absolute atomic E-state index is 9.75. The molecule has 18 heteroatoms. The van der Waals surface area contributed by atoms with Crippen molar-refractivity contribution in [2.45, 2.75) is 0 Å². The van der Waals surface area contributed by atoms with Gasteiger partial charge in [0.25, 0.3) is 0 Å². The Bertz CT molecular complexity index is 384. The van der Waals surface area contributed by atoms with Crippen molar-refractivity contribution in [3.8, 4) is 11.5 Å². The van der Waals surface area contributed by atoms with Gasteiger partial charge in [-0.25, -0.2) is 0 Å². The van der Waals surface area contributed by atoms with Crippen LogP contribution in [0.25, 0.3) is 0 Å². The predicted octanol–water partition coefficient (Wildman–Crippen LogP) is 4.96. The summed E-state index contributed by atoms with van der Waals surface area (Å²) in [5, 5.41) is 0. The van der Waals surface area contributed by atoms with Crippen LogP contribution in [0.1, 0.15) is 0 Å². The van der Waals surface area contributed by atoms with Gasteiger partial charge in [0.15, 0.2) is 11.5 Å². The number of hydrogen-bond donors (Lipinski definition) is 0. The number of hydrogen-bond acceptors (Lipinski definition) is 2. The summed E-state index contributed by atoms with van der Waals surface area (Å²) in [6, 6.07) is 7.53. The SMILES string of the molecule is COc1ccccc1OC.F[B-](F)(F)F.F[B-](F)(F)F.F[B-](F)(F)F.[KH]. The molecule has 2 nitrogen and oxygen atoms in total. The molecule has 1 rings (SSSR count). The van der Waals surface area contributed by atoms with E-state index in [9.17, 15) is 51.8 Å². The van der Waals surface area contributed by atoms with E-state index in [2.05, 4.69) is 0 Å². The first kappa shape index (κ1) is 33.4. The minimum absolute atomic E-state index is 0. The molecule has 0 aliphatic carbocycles.